The molecule has 7 heteroatoms. The summed E-state index contributed by atoms with van der Waals surface area (Å²) in [5.74, 6) is 0.167. The molecule has 0 radical (unpaired) electrons. The Balaban J connectivity index is -0.0000000440. The molecule has 0 spiro atoms. The minimum absolute atomic E-state index is 0.167. The van der Waals surface area contributed by atoms with Gasteiger partial charge in [0.1, 0.15) is 5.78 Å². The van der Waals surface area contributed by atoms with Gasteiger partial charge in [-0.05, 0) is 74.1 Å². The molecule has 0 rings (SSSR count). The molecule has 0 aromatic rings. The van der Waals surface area contributed by atoms with E-state index >= 15 is 0 Å². The third kappa shape index (κ3) is 817. The number of carbonyl (C=O) groups excluding carboxylic acids is 1. The Labute approximate surface area is 161 Å². The zero-order valence-electron chi connectivity index (χ0n) is 18.6. The Kier molecular flexibility index (Phi) is 59.1. The fourth-order valence-corrected chi connectivity index (χ4v) is 0. The average molecular weight is 377 g/mol. The summed E-state index contributed by atoms with van der Waals surface area (Å²) in [7, 11) is 4.47. The van der Waals surface area contributed by atoms with Gasteiger partial charge < -0.3 is 10.2 Å². The average Bonchev–Trinajstić information content (AvgIpc) is 2.37. The highest BCUT2D eigenvalue weighted by Crippen LogP contribution is 1.96. The molecule has 6 nitrogen and oxygen atoms in total. The van der Waals surface area contributed by atoms with E-state index < -0.39 is 0 Å². The second-order valence-electron chi connectivity index (χ2n) is 5.40. The summed E-state index contributed by atoms with van der Waals surface area (Å²) < 4.78 is 0. The van der Waals surface area contributed by atoms with Gasteiger partial charge in [-0.3, -0.25) is 0 Å². The van der Waals surface area contributed by atoms with E-state index in [0.29, 0.717) is 5.71 Å². The molecule has 150 valence electrons. The maximum atomic E-state index is 9.44. The number of nitrogens with one attached hydrogen (secondary N) is 1. The Hall–Kier alpha value is -1.63. The smallest absolute Gasteiger partial charge is 0.126 e. The summed E-state index contributed by atoms with van der Waals surface area (Å²) in [4.78, 5) is 19.0. The van der Waals surface area contributed by atoms with Crippen molar-refractivity contribution in [1.82, 2.24) is 0 Å². The first-order chi connectivity index (χ1) is 11.2. The number of allylic oxidation sites excluding steroid dienone is 2. The minimum Gasteiger partial charge on any atom is -0.310 e. The number of carbonyl (C=O) groups is 1. The molecule has 25 heavy (non-hydrogen) atoms. The molecule has 0 aromatic heterocycles. The second kappa shape index (κ2) is 38.1. The van der Waals surface area contributed by atoms with Crippen LogP contribution in [0.1, 0.15) is 69.2 Å². The van der Waals surface area contributed by atoms with Crippen LogP contribution in [0.3, 0.4) is 0 Å². The van der Waals surface area contributed by atoms with Crippen LogP contribution in [0.4, 0.5) is 0 Å². The maximum absolute atomic E-state index is 9.44. The first-order valence-electron chi connectivity index (χ1n) is 7.63. The largest absolute Gasteiger partial charge is 0.310 e. The fraction of sp³-hybridized carbons (Fsp3) is 0.722. The molecule has 0 aliphatic heterocycles. The molecular weight excluding hydrogens is 336 g/mol. The van der Waals surface area contributed by atoms with E-state index in [0.717, 1.165) is 4.86 Å². The van der Waals surface area contributed by atoms with E-state index in [9.17, 15) is 4.79 Å². The van der Waals surface area contributed by atoms with Crippen LogP contribution in [0.2, 0.25) is 0 Å². The Bertz CT molecular complexity index is 328. The topological polar surface area (TPSA) is 95.1 Å². The first-order valence-corrected chi connectivity index (χ1v) is 8.04. The number of azo groups is 1. The van der Waals surface area contributed by atoms with Gasteiger partial charge in [-0.1, -0.05) is 28.5 Å². The molecule has 0 atom stereocenters. The highest BCUT2D eigenvalue weighted by molar-refractivity contribution is 7.80. The number of ketones is 1. The molecule has 0 saturated carbocycles. The lowest BCUT2D eigenvalue weighted by Crippen LogP contribution is -1.69. The molecule has 0 heterocycles. The third-order valence-electron chi connectivity index (χ3n) is 1.20. The van der Waals surface area contributed by atoms with Gasteiger partial charge in [-0.2, -0.15) is 15.1 Å². The van der Waals surface area contributed by atoms with Gasteiger partial charge in [0.05, 0.1) is 7.05 Å². The number of Topliss-reactive ketones (excluding diaryl/α,β-unsaturated/α-hetero) is 1. The predicted molar refractivity (Wildman–Crippen MR) is 118 cm³/mol. The van der Waals surface area contributed by atoms with Gasteiger partial charge in [-0.25, -0.2) is 0 Å². The van der Waals surface area contributed by atoms with Crippen molar-refractivity contribution in [3.8, 4) is 0 Å². The molecule has 0 saturated heterocycles. The Morgan fingerprint density at radius 2 is 0.800 bits per heavy atom. The lowest BCUT2D eigenvalue weighted by atomic mass is 10.2. The highest BCUT2D eigenvalue weighted by atomic mass is 32.1. The Morgan fingerprint density at radius 3 is 0.800 bits per heavy atom. The maximum Gasteiger partial charge on any atom is 0.126 e. The molecular formula is C18H40N4O2S. The van der Waals surface area contributed by atoms with Crippen molar-refractivity contribution in [2.24, 2.45) is 15.4 Å². The Morgan fingerprint density at radius 1 is 0.720 bits per heavy atom. The lowest BCUT2D eigenvalue weighted by molar-refractivity contribution is -0.114. The SMILES string of the molecule is CC(C)=C(C)C.CC(C)=N.CC(C)=O.CC(C)=S.CN=NC.CN=O. The summed E-state index contributed by atoms with van der Waals surface area (Å²) >= 11 is 4.54. The normalized spacial score (nSPS) is 7.08. The summed E-state index contributed by atoms with van der Waals surface area (Å²) in [5.41, 5.74) is 3.52. The van der Waals surface area contributed by atoms with Gasteiger partial charge in [-0.15, -0.1) is 0 Å². The molecule has 0 bridgehead atoms. The van der Waals surface area contributed by atoms with E-state index in [1.165, 1.54) is 32.0 Å². The highest BCUT2D eigenvalue weighted by Gasteiger charge is 1.75. The van der Waals surface area contributed by atoms with E-state index in [1.54, 1.807) is 27.9 Å². The number of rotatable bonds is 0. The van der Waals surface area contributed by atoms with E-state index in [-0.39, 0.29) is 5.78 Å². The van der Waals surface area contributed by atoms with Crippen LogP contribution in [0.15, 0.2) is 26.6 Å². The molecule has 0 aliphatic carbocycles. The second-order valence-corrected chi connectivity index (χ2v) is 6.22. The van der Waals surface area contributed by atoms with Gasteiger partial charge in [0.25, 0.3) is 0 Å². The summed E-state index contributed by atoms with van der Waals surface area (Å²) in [5, 5.41) is 15.5. The van der Waals surface area contributed by atoms with Gasteiger partial charge in [0, 0.05) is 19.8 Å². The predicted octanol–water partition coefficient (Wildman–Crippen LogP) is 6.48. The van der Waals surface area contributed by atoms with Crippen molar-refractivity contribution >= 4 is 28.6 Å². The van der Waals surface area contributed by atoms with E-state index in [4.69, 9.17) is 10.3 Å². The molecule has 0 fully saturated rings. The number of nitroso groups, excluding NO2 is 1. The number of hydrogen-bond acceptors (Lipinski definition) is 7. The molecule has 1 N–H and O–H groups in total. The molecule has 0 unspecified atom stereocenters. The summed E-state index contributed by atoms with van der Waals surface area (Å²) in [6.07, 6.45) is 0. The van der Waals surface area contributed by atoms with Crippen molar-refractivity contribution in [1.29, 1.82) is 5.41 Å². The van der Waals surface area contributed by atoms with Crippen molar-refractivity contribution in [2.45, 2.75) is 69.2 Å². The van der Waals surface area contributed by atoms with Crippen LogP contribution in [0.5, 0.6) is 0 Å². The van der Waals surface area contributed by atoms with Crippen molar-refractivity contribution in [3.05, 3.63) is 16.1 Å². The summed E-state index contributed by atoms with van der Waals surface area (Å²) in [6.45, 7) is 18.8. The molecule has 0 aliphatic rings. The van der Waals surface area contributed by atoms with Crippen LogP contribution in [0, 0.1) is 10.3 Å². The quantitative estimate of drug-likeness (QED) is 0.172. The van der Waals surface area contributed by atoms with Crippen LogP contribution >= 0.6 is 12.2 Å². The lowest BCUT2D eigenvalue weighted by Gasteiger charge is -1.88. The van der Waals surface area contributed by atoms with E-state index in [1.807, 2.05) is 13.8 Å². The summed E-state index contributed by atoms with van der Waals surface area (Å²) in [6, 6.07) is 0. The standard InChI is InChI=1S/C6H12.C3H7N.C3H6O.C3H6S.C2H6N2.CH3NO/c1-5(2)6(3)4;3*1-3(2)4;1-3-4-2;1-2-3/h1-4H3;4H,1-2H3;3*1-2H3;1H3. The number of nitrogens with zero attached hydrogens (tertiary/aromatic N) is 3. The monoisotopic (exact) mass is 376 g/mol. The number of thiocarbonyl (C=S) groups is 1. The van der Waals surface area contributed by atoms with Crippen LogP contribution in [-0.4, -0.2) is 37.5 Å². The van der Waals surface area contributed by atoms with Gasteiger partial charge in [0.2, 0.25) is 0 Å². The fourth-order valence-electron chi connectivity index (χ4n) is 0. The van der Waals surface area contributed by atoms with Crippen LogP contribution < -0.4 is 0 Å². The van der Waals surface area contributed by atoms with Crippen LogP contribution in [-0.2, 0) is 4.79 Å². The van der Waals surface area contributed by atoms with Crippen molar-refractivity contribution < 1.29 is 4.79 Å². The van der Waals surface area contributed by atoms with Crippen molar-refractivity contribution in [2.75, 3.05) is 21.1 Å². The van der Waals surface area contributed by atoms with Gasteiger partial charge in [0.15, 0.2) is 0 Å². The van der Waals surface area contributed by atoms with Gasteiger partial charge >= 0.3 is 0 Å². The van der Waals surface area contributed by atoms with Crippen molar-refractivity contribution in [3.63, 3.8) is 0 Å². The molecule has 0 aromatic carbocycles. The third-order valence-corrected chi connectivity index (χ3v) is 1.20. The molecule has 0 amide bonds. The van der Waals surface area contributed by atoms with Crippen LogP contribution in [0.25, 0.3) is 0 Å². The zero-order chi connectivity index (χ0) is 22.0. The zero-order valence-corrected chi connectivity index (χ0v) is 19.4. The number of hydrogen-bond donors (Lipinski definition) is 1. The first kappa shape index (κ1) is 38.8. The minimum atomic E-state index is 0.167. The van der Waals surface area contributed by atoms with E-state index in [2.05, 4.69) is 55.3 Å².